The highest BCUT2D eigenvalue weighted by molar-refractivity contribution is 7.90. The van der Waals surface area contributed by atoms with E-state index < -0.39 is 46.7 Å². The Morgan fingerprint density at radius 3 is 2.24 bits per heavy atom. The average Bonchev–Trinajstić information content (AvgIpc) is 2.69. The second-order valence-electron chi connectivity index (χ2n) is 7.25. The fraction of sp³-hybridized carbons (Fsp3) is 0.0476. The maximum Gasteiger partial charge on any atom is 0.336 e. The maximum absolute atomic E-state index is 12.5. The molecule has 12 heteroatoms. The topological polar surface area (TPSA) is 189 Å². The molecule has 2 aromatic rings. The first-order chi connectivity index (χ1) is 15.3. The standard InChI is InChI=1S/C21H16N2O8S2/c1-32(26,27)19-14(22)8-6-12-16(10-4-2-3-5-11(10)21(24)25)13-7-9-15(23)20(33(28,29)30)18(13)31-17(12)19/h2-9,22H,23H2,1H3,(H,24,25)(H,28,29,30). The second kappa shape index (κ2) is 7.40. The molecule has 0 unspecified atom stereocenters. The fourth-order valence-corrected chi connectivity index (χ4v) is 5.50. The number of hydrogen-bond acceptors (Lipinski definition) is 8. The largest absolute Gasteiger partial charge is 0.478 e. The number of hydrogen-bond donors (Lipinski definition) is 4. The molecule has 0 amide bonds. The first-order valence-electron chi connectivity index (χ1n) is 9.19. The van der Waals surface area contributed by atoms with Crippen molar-refractivity contribution < 1.29 is 35.7 Å². The van der Waals surface area contributed by atoms with Gasteiger partial charge in [-0.15, -0.1) is 0 Å². The lowest BCUT2D eigenvalue weighted by Gasteiger charge is -2.20. The van der Waals surface area contributed by atoms with Crippen molar-refractivity contribution in [1.82, 2.24) is 0 Å². The summed E-state index contributed by atoms with van der Waals surface area (Å²) in [5.74, 6) is -1.65. The summed E-state index contributed by atoms with van der Waals surface area (Å²) in [6.07, 6.45) is 0.855. The van der Waals surface area contributed by atoms with Crippen LogP contribution in [0.1, 0.15) is 10.4 Å². The van der Waals surface area contributed by atoms with Crippen LogP contribution in [0.3, 0.4) is 0 Å². The molecule has 0 atom stereocenters. The summed E-state index contributed by atoms with van der Waals surface area (Å²) in [5, 5.41) is 17.5. The Labute approximate surface area is 187 Å². The SMILES string of the molecule is CS(=O)(=O)c1c2oc3c(S(=O)(=O)O)c(N)ccc3c(-c3ccccc3C(=O)O)c-2ccc1=N. The molecule has 0 saturated carbocycles. The number of rotatable bonds is 4. The molecule has 2 aromatic carbocycles. The number of anilines is 1. The minimum absolute atomic E-state index is 0.0650. The summed E-state index contributed by atoms with van der Waals surface area (Å²) in [6, 6.07) is 11.0. The Morgan fingerprint density at radius 1 is 0.970 bits per heavy atom. The van der Waals surface area contributed by atoms with Gasteiger partial charge in [-0.05, 0) is 35.9 Å². The highest BCUT2D eigenvalue weighted by Crippen LogP contribution is 2.45. The predicted molar refractivity (Wildman–Crippen MR) is 118 cm³/mol. The van der Waals surface area contributed by atoms with E-state index in [0.717, 1.165) is 6.26 Å². The van der Waals surface area contributed by atoms with E-state index in [9.17, 15) is 31.3 Å². The Kier molecular flexibility index (Phi) is 5.04. The van der Waals surface area contributed by atoms with Crippen LogP contribution in [0.25, 0.3) is 33.4 Å². The molecule has 2 aliphatic rings. The number of carboxylic acids is 1. The van der Waals surface area contributed by atoms with Crippen LogP contribution in [-0.4, -0.2) is 38.7 Å². The van der Waals surface area contributed by atoms with Crippen LogP contribution >= 0.6 is 0 Å². The zero-order valence-electron chi connectivity index (χ0n) is 16.9. The molecule has 0 fully saturated rings. The number of carbonyl (C=O) groups is 1. The van der Waals surface area contributed by atoms with Crippen molar-refractivity contribution >= 4 is 42.6 Å². The van der Waals surface area contributed by atoms with E-state index in [2.05, 4.69) is 0 Å². The number of fused-ring (bicyclic) bond motifs is 2. The van der Waals surface area contributed by atoms with Gasteiger partial charge in [0.2, 0.25) is 0 Å². The van der Waals surface area contributed by atoms with Crippen LogP contribution in [0.5, 0.6) is 0 Å². The quantitative estimate of drug-likeness (QED) is 0.190. The van der Waals surface area contributed by atoms with Gasteiger partial charge in [0.05, 0.1) is 16.6 Å². The normalized spacial score (nSPS) is 12.3. The highest BCUT2D eigenvalue weighted by atomic mass is 32.2. The molecule has 4 rings (SSSR count). The molecule has 5 N–H and O–H groups in total. The van der Waals surface area contributed by atoms with Gasteiger partial charge in [-0.3, -0.25) is 9.96 Å². The van der Waals surface area contributed by atoms with Crippen LogP contribution in [-0.2, 0) is 20.0 Å². The van der Waals surface area contributed by atoms with Crippen molar-refractivity contribution in [2.24, 2.45) is 0 Å². The molecular formula is C21H16N2O8S2. The lowest BCUT2D eigenvalue weighted by molar-refractivity contribution is 0.0697. The van der Waals surface area contributed by atoms with E-state index in [1.54, 1.807) is 6.07 Å². The minimum Gasteiger partial charge on any atom is -0.478 e. The number of sulfone groups is 1. The molecule has 10 nitrogen and oxygen atoms in total. The summed E-state index contributed by atoms with van der Waals surface area (Å²) in [4.78, 5) is 10.6. The zero-order valence-corrected chi connectivity index (χ0v) is 18.5. The summed E-state index contributed by atoms with van der Waals surface area (Å²) in [7, 11) is -9.00. The Hall–Kier alpha value is -3.74. The lowest BCUT2D eigenvalue weighted by Crippen LogP contribution is -2.16. The Balaban J connectivity index is 2.40. The first kappa shape index (κ1) is 22.5. The van der Waals surface area contributed by atoms with Crippen molar-refractivity contribution in [2.45, 2.75) is 9.79 Å². The molecule has 1 aliphatic carbocycles. The molecule has 0 aromatic heterocycles. The van der Waals surface area contributed by atoms with Gasteiger partial charge >= 0.3 is 5.97 Å². The number of nitrogen functional groups attached to an aromatic ring is 1. The Morgan fingerprint density at radius 2 is 1.64 bits per heavy atom. The Bertz CT molecular complexity index is 1720. The van der Waals surface area contributed by atoms with Crippen LogP contribution in [0.4, 0.5) is 5.69 Å². The predicted octanol–water partition coefficient (Wildman–Crippen LogP) is 2.61. The minimum atomic E-state index is -4.94. The number of aromatic carboxylic acids is 1. The van der Waals surface area contributed by atoms with Crippen molar-refractivity contribution in [3.05, 3.63) is 59.5 Å². The van der Waals surface area contributed by atoms with Crippen molar-refractivity contribution in [1.29, 1.82) is 5.41 Å². The number of nitrogens with one attached hydrogen (secondary N) is 1. The molecule has 1 aliphatic heterocycles. The first-order valence-corrected chi connectivity index (χ1v) is 12.5. The maximum atomic E-state index is 12.5. The summed E-state index contributed by atoms with van der Waals surface area (Å²) >= 11 is 0. The smallest absolute Gasteiger partial charge is 0.336 e. The molecule has 170 valence electrons. The number of benzene rings is 3. The van der Waals surface area contributed by atoms with E-state index in [1.165, 1.54) is 42.5 Å². The van der Waals surface area contributed by atoms with Crippen molar-refractivity contribution in [2.75, 3.05) is 12.0 Å². The van der Waals surface area contributed by atoms with E-state index >= 15 is 0 Å². The van der Waals surface area contributed by atoms with Gasteiger partial charge in [-0.25, -0.2) is 13.2 Å². The summed E-state index contributed by atoms with van der Waals surface area (Å²) in [6.45, 7) is 0. The van der Waals surface area contributed by atoms with Gasteiger partial charge in [-0.2, -0.15) is 8.42 Å². The lowest BCUT2D eigenvalue weighted by atomic mass is 9.90. The highest BCUT2D eigenvalue weighted by Gasteiger charge is 2.30. The molecule has 33 heavy (non-hydrogen) atoms. The third-order valence-electron chi connectivity index (χ3n) is 5.05. The molecule has 0 spiro atoms. The van der Waals surface area contributed by atoms with Gasteiger partial charge in [0.1, 0.15) is 4.90 Å². The fourth-order valence-electron chi connectivity index (χ4n) is 3.80. The third-order valence-corrected chi connectivity index (χ3v) is 7.14. The molecule has 0 radical (unpaired) electrons. The molecule has 0 bridgehead atoms. The third kappa shape index (κ3) is 3.63. The molecular weight excluding hydrogens is 472 g/mol. The van der Waals surface area contributed by atoms with Crippen LogP contribution in [0.15, 0.2) is 62.7 Å². The summed E-state index contributed by atoms with van der Waals surface area (Å²) < 4.78 is 64.8. The molecule has 0 saturated heterocycles. The van der Waals surface area contributed by atoms with Gasteiger partial charge in [0.15, 0.2) is 26.1 Å². The van der Waals surface area contributed by atoms with Gasteiger partial charge in [0, 0.05) is 22.8 Å². The van der Waals surface area contributed by atoms with Crippen LogP contribution in [0, 0.1) is 5.41 Å². The van der Waals surface area contributed by atoms with Gasteiger partial charge in [-0.1, -0.05) is 18.2 Å². The summed E-state index contributed by atoms with van der Waals surface area (Å²) in [5.41, 5.74) is 5.20. The van der Waals surface area contributed by atoms with Gasteiger partial charge < -0.3 is 15.3 Å². The number of nitrogens with two attached hydrogens (primary N) is 1. The van der Waals surface area contributed by atoms with Gasteiger partial charge in [0.25, 0.3) is 10.1 Å². The van der Waals surface area contributed by atoms with E-state index in [-0.39, 0.29) is 39.1 Å². The monoisotopic (exact) mass is 488 g/mol. The molecule has 1 heterocycles. The van der Waals surface area contributed by atoms with Crippen LogP contribution in [0.2, 0.25) is 0 Å². The van der Waals surface area contributed by atoms with Crippen molar-refractivity contribution in [3.63, 3.8) is 0 Å². The number of carboxylic acid groups (broad SMARTS) is 1. The zero-order chi connectivity index (χ0) is 24.3. The average molecular weight is 488 g/mol. The second-order valence-corrected chi connectivity index (χ2v) is 10.6. The van der Waals surface area contributed by atoms with E-state index in [1.807, 2.05) is 0 Å². The van der Waals surface area contributed by atoms with E-state index in [0.29, 0.717) is 0 Å². The van der Waals surface area contributed by atoms with Crippen LogP contribution < -0.4 is 11.1 Å². The van der Waals surface area contributed by atoms with Crippen molar-refractivity contribution in [3.8, 4) is 22.5 Å². The van der Waals surface area contributed by atoms with E-state index in [4.69, 9.17) is 15.6 Å².